The first kappa shape index (κ1) is 16.5. The Morgan fingerprint density at radius 3 is 2.91 bits per heavy atom. The Labute approximate surface area is 133 Å². The number of amides is 2. The van der Waals surface area contributed by atoms with E-state index in [1.807, 2.05) is 35.0 Å². The lowest BCUT2D eigenvalue weighted by atomic mass is 9.99. The minimum Gasteiger partial charge on any atom is -0.384 e. The maximum absolute atomic E-state index is 11.9. The fraction of sp³-hybridized carbons (Fsp3) is 0.312. The van der Waals surface area contributed by atoms with E-state index in [0.29, 0.717) is 12.3 Å². The number of methoxy groups -OCH3 is 1. The molecule has 0 aliphatic rings. The second kappa shape index (κ2) is 7.40. The van der Waals surface area contributed by atoms with E-state index in [0.717, 1.165) is 11.1 Å². The van der Waals surface area contributed by atoms with E-state index in [2.05, 4.69) is 10.6 Å². The summed E-state index contributed by atoms with van der Waals surface area (Å²) < 4.78 is 5.06. The van der Waals surface area contributed by atoms with Gasteiger partial charge in [0, 0.05) is 12.8 Å². The number of anilines is 1. The van der Waals surface area contributed by atoms with E-state index < -0.39 is 5.60 Å². The van der Waals surface area contributed by atoms with E-state index in [4.69, 9.17) is 4.74 Å². The highest BCUT2D eigenvalue weighted by Crippen LogP contribution is 2.22. The number of thiophene rings is 1. The standard InChI is InChI=1S/C16H20N2O3S/c1-16(20,13-6-7-22-10-13)11-17-15(19)18-14-5-3-4-12(8-14)9-21-2/h3-8,10,20H,9,11H2,1-2H3,(H2,17,18,19). The number of rotatable bonds is 6. The third-order valence-corrected chi connectivity index (χ3v) is 3.92. The molecule has 0 bridgehead atoms. The predicted molar refractivity (Wildman–Crippen MR) is 88.1 cm³/mol. The van der Waals surface area contributed by atoms with Crippen LogP contribution < -0.4 is 10.6 Å². The van der Waals surface area contributed by atoms with Gasteiger partial charge in [-0.05, 0) is 47.0 Å². The molecule has 0 spiro atoms. The highest BCUT2D eigenvalue weighted by atomic mass is 32.1. The zero-order valence-electron chi connectivity index (χ0n) is 12.6. The van der Waals surface area contributed by atoms with Crippen LogP contribution in [0.2, 0.25) is 0 Å². The van der Waals surface area contributed by atoms with Gasteiger partial charge in [-0.3, -0.25) is 0 Å². The molecule has 1 unspecified atom stereocenters. The van der Waals surface area contributed by atoms with Gasteiger partial charge in [0.15, 0.2) is 0 Å². The SMILES string of the molecule is COCc1cccc(NC(=O)NCC(C)(O)c2ccsc2)c1. The number of benzene rings is 1. The summed E-state index contributed by atoms with van der Waals surface area (Å²) >= 11 is 1.51. The number of carbonyl (C=O) groups excluding carboxylic acids is 1. The average molecular weight is 320 g/mol. The van der Waals surface area contributed by atoms with Crippen molar-refractivity contribution >= 4 is 23.1 Å². The van der Waals surface area contributed by atoms with Crippen LogP contribution in [0, 0.1) is 0 Å². The fourth-order valence-electron chi connectivity index (χ4n) is 2.01. The van der Waals surface area contributed by atoms with Gasteiger partial charge in [-0.2, -0.15) is 11.3 Å². The molecule has 0 saturated carbocycles. The average Bonchev–Trinajstić information content (AvgIpc) is 3.01. The van der Waals surface area contributed by atoms with Crippen molar-refractivity contribution in [3.05, 3.63) is 52.2 Å². The molecule has 2 amide bonds. The maximum atomic E-state index is 11.9. The van der Waals surface area contributed by atoms with Crippen molar-refractivity contribution in [1.82, 2.24) is 5.32 Å². The summed E-state index contributed by atoms with van der Waals surface area (Å²) in [6.45, 7) is 2.30. The summed E-state index contributed by atoms with van der Waals surface area (Å²) in [5.41, 5.74) is 1.36. The van der Waals surface area contributed by atoms with Crippen LogP contribution in [0.5, 0.6) is 0 Å². The molecular weight excluding hydrogens is 300 g/mol. The molecule has 0 fully saturated rings. The zero-order valence-corrected chi connectivity index (χ0v) is 13.4. The van der Waals surface area contributed by atoms with Crippen molar-refractivity contribution in [2.75, 3.05) is 19.0 Å². The summed E-state index contributed by atoms with van der Waals surface area (Å²) in [6.07, 6.45) is 0. The van der Waals surface area contributed by atoms with E-state index in [9.17, 15) is 9.90 Å². The molecule has 22 heavy (non-hydrogen) atoms. The summed E-state index contributed by atoms with van der Waals surface area (Å²) in [7, 11) is 1.62. The number of hydrogen-bond donors (Lipinski definition) is 3. The predicted octanol–water partition coefficient (Wildman–Crippen LogP) is 2.92. The van der Waals surface area contributed by atoms with Crippen LogP contribution in [-0.4, -0.2) is 24.8 Å². The highest BCUT2D eigenvalue weighted by Gasteiger charge is 2.24. The minimum atomic E-state index is -1.09. The molecule has 1 heterocycles. The van der Waals surface area contributed by atoms with Gasteiger partial charge in [0.25, 0.3) is 0 Å². The van der Waals surface area contributed by atoms with Crippen molar-refractivity contribution in [3.63, 3.8) is 0 Å². The first-order chi connectivity index (χ1) is 10.5. The second-order valence-electron chi connectivity index (χ2n) is 5.23. The highest BCUT2D eigenvalue weighted by molar-refractivity contribution is 7.08. The molecule has 3 N–H and O–H groups in total. The van der Waals surface area contributed by atoms with Crippen LogP contribution in [0.4, 0.5) is 10.5 Å². The van der Waals surface area contributed by atoms with Crippen molar-refractivity contribution in [3.8, 4) is 0 Å². The molecule has 5 nitrogen and oxygen atoms in total. The van der Waals surface area contributed by atoms with Crippen LogP contribution in [0.15, 0.2) is 41.1 Å². The van der Waals surface area contributed by atoms with E-state index in [1.165, 1.54) is 11.3 Å². The molecule has 0 saturated heterocycles. The number of carbonyl (C=O) groups is 1. The molecular formula is C16H20N2O3S. The van der Waals surface area contributed by atoms with Crippen molar-refractivity contribution in [1.29, 1.82) is 0 Å². The molecule has 2 aromatic rings. The summed E-state index contributed by atoms with van der Waals surface area (Å²) in [5, 5.41) is 19.5. The Morgan fingerprint density at radius 1 is 1.41 bits per heavy atom. The van der Waals surface area contributed by atoms with Gasteiger partial charge in [-0.25, -0.2) is 4.79 Å². The summed E-state index contributed by atoms with van der Waals surface area (Å²) in [4.78, 5) is 11.9. The quantitative estimate of drug-likeness (QED) is 0.766. The largest absolute Gasteiger partial charge is 0.384 e. The number of ether oxygens (including phenoxy) is 1. The van der Waals surface area contributed by atoms with Gasteiger partial charge >= 0.3 is 6.03 Å². The Bertz CT molecular complexity index is 612. The molecule has 0 aliphatic heterocycles. The monoisotopic (exact) mass is 320 g/mol. The molecule has 118 valence electrons. The molecule has 2 rings (SSSR count). The smallest absolute Gasteiger partial charge is 0.319 e. The van der Waals surface area contributed by atoms with Crippen molar-refractivity contribution in [2.24, 2.45) is 0 Å². The Balaban J connectivity index is 1.89. The fourth-order valence-corrected chi connectivity index (χ4v) is 2.79. The normalized spacial score (nSPS) is 13.4. The van der Waals surface area contributed by atoms with Gasteiger partial charge in [-0.1, -0.05) is 12.1 Å². The molecule has 0 radical (unpaired) electrons. The first-order valence-corrected chi connectivity index (χ1v) is 7.83. The van der Waals surface area contributed by atoms with Crippen LogP contribution in [0.3, 0.4) is 0 Å². The lowest BCUT2D eigenvalue weighted by Crippen LogP contribution is -2.40. The summed E-state index contributed by atoms with van der Waals surface area (Å²) in [5.74, 6) is 0. The number of urea groups is 1. The first-order valence-electron chi connectivity index (χ1n) is 6.89. The molecule has 1 aromatic heterocycles. The Hall–Kier alpha value is -1.89. The lowest BCUT2D eigenvalue weighted by Gasteiger charge is -2.22. The van der Waals surface area contributed by atoms with E-state index in [1.54, 1.807) is 20.1 Å². The van der Waals surface area contributed by atoms with Gasteiger partial charge < -0.3 is 20.5 Å². The molecule has 1 aromatic carbocycles. The molecule has 0 aliphatic carbocycles. The van der Waals surface area contributed by atoms with Gasteiger partial charge in [0.05, 0.1) is 13.2 Å². The number of hydrogen-bond acceptors (Lipinski definition) is 4. The van der Waals surface area contributed by atoms with E-state index >= 15 is 0 Å². The zero-order chi connectivity index (χ0) is 16.0. The summed E-state index contributed by atoms with van der Waals surface area (Å²) in [6, 6.07) is 8.92. The number of aliphatic hydroxyl groups is 1. The van der Waals surface area contributed by atoms with Gasteiger partial charge in [0.1, 0.15) is 5.60 Å². The van der Waals surface area contributed by atoms with E-state index in [-0.39, 0.29) is 12.6 Å². The Kier molecular flexibility index (Phi) is 5.54. The van der Waals surface area contributed by atoms with Crippen molar-refractivity contribution in [2.45, 2.75) is 19.1 Å². The van der Waals surface area contributed by atoms with Crippen LogP contribution in [0.25, 0.3) is 0 Å². The third-order valence-electron chi connectivity index (χ3n) is 3.23. The molecule has 6 heteroatoms. The molecule has 1 atom stereocenters. The van der Waals surface area contributed by atoms with Crippen LogP contribution in [0.1, 0.15) is 18.1 Å². The minimum absolute atomic E-state index is 0.132. The Morgan fingerprint density at radius 2 is 2.23 bits per heavy atom. The topological polar surface area (TPSA) is 70.6 Å². The van der Waals surface area contributed by atoms with Gasteiger partial charge in [-0.15, -0.1) is 0 Å². The third kappa shape index (κ3) is 4.56. The van der Waals surface area contributed by atoms with Gasteiger partial charge in [0.2, 0.25) is 0 Å². The van der Waals surface area contributed by atoms with Crippen LogP contribution >= 0.6 is 11.3 Å². The second-order valence-corrected chi connectivity index (χ2v) is 6.01. The van der Waals surface area contributed by atoms with Crippen LogP contribution in [-0.2, 0) is 16.9 Å². The maximum Gasteiger partial charge on any atom is 0.319 e. The lowest BCUT2D eigenvalue weighted by molar-refractivity contribution is 0.0604. The van der Waals surface area contributed by atoms with Crippen molar-refractivity contribution < 1.29 is 14.6 Å². The number of nitrogens with one attached hydrogen (secondary N) is 2.